The molecule has 0 N–H and O–H groups in total. The molecule has 7 heteroatoms. The van der Waals surface area contributed by atoms with E-state index in [1.165, 1.54) is 16.9 Å². The molecule has 0 aliphatic rings. The van der Waals surface area contributed by atoms with Gasteiger partial charge >= 0.3 is 0 Å². The number of rotatable bonds is 3. The van der Waals surface area contributed by atoms with Crippen LogP contribution in [0.25, 0.3) is 28.3 Å². The lowest BCUT2D eigenvalue weighted by atomic mass is 10.0. The van der Waals surface area contributed by atoms with Gasteiger partial charge in [0.05, 0.1) is 5.69 Å². The molecular formula is C18H13FN6. The van der Waals surface area contributed by atoms with Crippen LogP contribution in [0.2, 0.25) is 0 Å². The zero-order valence-corrected chi connectivity index (χ0v) is 13.3. The molecule has 3 heterocycles. The molecule has 0 aliphatic heterocycles. The lowest BCUT2D eigenvalue weighted by molar-refractivity contribution is 0.621. The third kappa shape index (κ3) is 2.99. The fourth-order valence-corrected chi connectivity index (χ4v) is 2.53. The first-order valence-electron chi connectivity index (χ1n) is 7.64. The van der Waals surface area contributed by atoms with Crippen molar-refractivity contribution < 1.29 is 4.39 Å². The zero-order chi connectivity index (χ0) is 17.2. The molecular weight excluding hydrogens is 319 g/mol. The summed E-state index contributed by atoms with van der Waals surface area (Å²) in [4.78, 5) is 9.60. The average Bonchev–Trinajstić information content (AvgIpc) is 3.12. The van der Waals surface area contributed by atoms with Crippen LogP contribution in [0.3, 0.4) is 0 Å². The van der Waals surface area contributed by atoms with E-state index < -0.39 is 0 Å². The molecule has 0 saturated heterocycles. The molecule has 0 amide bonds. The number of tetrazole rings is 1. The van der Waals surface area contributed by atoms with Gasteiger partial charge in [0.15, 0.2) is 0 Å². The van der Waals surface area contributed by atoms with E-state index >= 15 is 0 Å². The van der Waals surface area contributed by atoms with Gasteiger partial charge in [-0.25, -0.2) is 4.39 Å². The fraction of sp³-hybridized carbons (Fsp3) is 0.0556. The van der Waals surface area contributed by atoms with Crippen molar-refractivity contribution in [3.8, 4) is 28.3 Å². The van der Waals surface area contributed by atoms with E-state index in [-0.39, 0.29) is 5.82 Å². The minimum atomic E-state index is -0.382. The first-order valence-corrected chi connectivity index (χ1v) is 7.64. The van der Waals surface area contributed by atoms with Gasteiger partial charge in [-0.05, 0) is 53.6 Å². The normalized spacial score (nSPS) is 10.8. The maximum atomic E-state index is 14.1. The van der Waals surface area contributed by atoms with E-state index in [2.05, 4.69) is 25.4 Å². The summed E-state index contributed by atoms with van der Waals surface area (Å²) >= 11 is 0. The SMILES string of the molecule is Cc1ccncc1-c1cc(F)cc(-n2nnc(-c3ccccn3)n2)c1. The molecule has 0 spiro atoms. The van der Waals surface area contributed by atoms with Crippen molar-refractivity contribution >= 4 is 0 Å². The minimum Gasteiger partial charge on any atom is -0.264 e. The number of halogens is 1. The van der Waals surface area contributed by atoms with Crippen molar-refractivity contribution in [3.63, 3.8) is 0 Å². The second-order valence-corrected chi connectivity index (χ2v) is 5.51. The minimum absolute atomic E-state index is 0.379. The topological polar surface area (TPSA) is 69.4 Å². The molecule has 122 valence electrons. The Morgan fingerprint density at radius 2 is 1.96 bits per heavy atom. The Kier molecular flexibility index (Phi) is 3.74. The van der Waals surface area contributed by atoms with Crippen LogP contribution in [0.5, 0.6) is 0 Å². The highest BCUT2D eigenvalue weighted by atomic mass is 19.1. The summed E-state index contributed by atoms with van der Waals surface area (Å²) in [6, 6.07) is 11.9. The van der Waals surface area contributed by atoms with Gasteiger partial charge in [0, 0.05) is 30.2 Å². The van der Waals surface area contributed by atoms with E-state index in [4.69, 9.17) is 0 Å². The summed E-state index contributed by atoms with van der Waals surface area (Å²) in [5, 5.41) is 12.3. The average molecular weight is 332 g/mol. The lowest BCUT2D eigenvalue weighted by Gasteiger charge is -2.07. The van der Waals surface area contributed by atoms with Crippen LogP contribution in [-0.4, -0.2) is 30.2 Å². The Morgan fingerprint density at radius 1 is 1.04 bits per heavy atom. The molecule has 0 radical (unpaired) electrons. The van der Waals surface area contributed by atoms with E-state index in [1.54, 1.807) is 30.7 Å². The summed E-state index contributed by atoms with van der Waals surface area (Å²) in [5.74, 6) is -0.00333. The Hall–Kier alpha value is -3.48. The molecule has 1 aromatic carbocycles. The quantitative estimate of drug-likeness (QED) is 0.576. The van der Waals surface area contributed by atoms with Gasteiger partial charge in [-0.2, -0.15) is 0 Å². The zero-order valence-electron chi connectivity index (χ0n) is 13.3. The summed E-state index contributed by atoms with van der Waals surface area (Å²) in [6.45, 7) is 1.95. The maximum Gasteiger partial charge on any atom is 0.223 e. The number of aromatic nitrogens is 6. The number of benzene rings is 1. The van der Waals surface area contributed by atoms with E-state index in [0.29, 0.717) is 22.8 Å². The van der Waals surface area contributed by atoms with Crippen LogP contribution >= 0.6 is 0 Å². The number of pyridine rings is 2. The van der Waals surface area contributed by atoms with Gasteiger partial charge in [0.2, 0.25) is 5.82 Å². The Labute approximate surface area is 143 Å². The predicted octanol–water partition coefficient (Wildman–Crippen LogP) is 3.23. The molecule has 4 rings (SSSR count). The Balaban J connectivity index is 1.77. The van der Waals surface area contributed by atoms with E-state index in [0.717, 1.165) is 11.1 Å². The van der Waals surface area contributed by atoms with Gasteiger partial charge in [-0.15, -0.1) is 15.0 Å². The van der Waals surface area contributed by atoms with Gasteiger partial charge in [0.25, 0.3) is 0 Å². The van der Waals surface area contributed by atoms with Crippen LogP contribution < -0.4 is 0 Å². The summed E-state index contributed by atoms with van der Waals surface area (Å²) in [7, 11) is 0. The van der Waals surface area contributed by atoms with Crippen LogP contribution in [0.1, 0.15) is 5.56 Å². The smallest absolute Gasteiger partial charge is 0.223 e. The van der Waals surface area contributed by atoms with E-state index in [1.807, 2.05) is 25.1 Å². The number of nitrogens with zero attached hydrogens (tertiary/aromatic N) is 6. The number of hydrogen-bond acceptors (Lipinski definition) is 5. The summed E-state index contributed by atoms with van der Waals surface area (Å²) in [6.07, 6.45) is 5.07. The molecule has 25 heavy (non-hydrogen) atoms. The molecule has 4 aromatic rings. The highest BCUT2D eigenvalue weighted by Gasteiger charge is 2.11. The van der Waals surface area contributed by atoms with Crippen molar-refractivity contribution in [3.05, 3.63) is 72.4 Å². The highest BCUT2D eigenvalue weighted by Crippen LogP contribution is 2.25. The first kappa shape index (κ1) is 15.1. The molecule has 0 bridgehead atoms. The Morgan fingerprint density at radius 3 is 2.76 bits per heavy atom. The standard InChI is InChI=1S/C18H13FN6/c1-12-5-7-20-11-16(12)13-8-14(19)10-15(9-13)25-23-18(22-24-25)17-4-2-3-6-21-17/h2-11H,1H3. The van der Waals surface area contributed by atoms with E-state index in [9.17, 15) is 4.39 Å². The molecule has 0 unspecified atom stereocenters. The van der Waals surface area contributed by atoms with Crippen molar-refractivity contribution in [1.29, 1.82) is 0 Å². The second-order valence-electron chi connectivity index (χ2n) is 5.51. The molecule has 0 aliphatic carbocycles. The molecule has 3 aromatic heterocycles. The third-order valence-electron chi connectivity index (χ3n) is 3.77. The van der Waals surface area contributed by atoms with Crippen molar-refractivity contribution in [2.75, 3.05) is 0 Å². The Bertz CT molecular complexity index is 1030. The monoisotopic (exact) mass is 332 g/mol. The van der Waals surface area contributed by atoms with Gasteiger partial charge in [0.1, 0.15) is 11.5 Å². The number of aryl methyl sites for hydroxylation is 1. The lowest BCUT2D eigenvalue weighted by Crippen LogP contribution is -2.01. The van der Waals surface area contributed by atoms with Gasteiger partial charge in [-0.3, -0.25) is 9.97 Å². The van der Waals surface area contributed by atoms with Crippen LogP contribution in [0, 0.1) is 12.7 Å². The van der Waals surface area contributed by atoms with Crippen LogP contribution in [0.4, 0.5) is 4.39 Å². The number of hydrogen-bond donors (Lipinski definition) is 0. The predicted molar refractivity (Wildman–Crippen MR) is 90.3 cm³/mol. The maximum absolute atomic E-state index is 14.1. The third-order valence-corrected chi connectivity index (χ3v) is 3.77. The van der Waals surface area contributed by atoms with Gasteiger partial charge in [-0.1, -0.05) is 6.07 Å². The molecule has 0 atom stereocenters. The fourth-order valence-electron chi connectivity index (χ4n) is 2.53. The van der Waals surface area contributed by atoms with Crippen molar-refractivity contribution in [2.24, 2.45) is 0 Å². The largest absolute Gasteiger partial charge is 0.264 e. The van der Waals surface area contributed by atoms with Crippen LogP contribution in [-0.2, 0) is 0 Å². The molecule has 0 fully saturated rings. The van der Waals surface area contributed by atoms with Crippen LogP contribution in [0.15, 0.2) is 61.1 Å². The van der Waals surface area contributed by atoms with Crippen molar-refractivity contribution in [2.45, 2.75) is 6.92 Å². The molecule has 6 nitrogen and oxygen atoms in total. The summed E-state index contributed by atoms with van der Waals surface area (Å²) < 4.78 is 14.1. The van der Waals surface area contributed by atoms with Crippen molar-refractivity contribution in [1.82, 2.24) is 30.2 Å². The highest BCUT2D eigenvalue weighted by molar-refractivity contribution is 5.68. The summed E-state index contributed by atoms with van der Waals surface area (Å²) in [5.41, 5.74) is 3.65. The second kappa shape index (κ2) is 6.20. The van der Waals surface area contributed by atoms with Gasteiger partial charge < -0.3 is 0 Å². The first-order chi connectivity index (χ1) is 12.2. The molecule has 0 saturated carbocycles.